The van der Waals surface area contributed by atoms with E-state index in [1.54, 1.807) is 0 Å². The van der Waals surface area contributed by atoms with E-state index in [4.69, 9.17) is 5.11 Å². The number of carbonyl (C=O) groups is 2. The lowest BCUT2D eigenvalue weighted by molar-refractivity contribution is -0.142. The maximum Gasteiger partial charge on any atom is 0.313 e. The number of hydrogen-bond donors (Lipinski definition) is 2. The Morgan fingerprint density at radius 3 is 2.43 bits per heavy atom. The Morgan fingerprint density at radius 2 is 1.90 bits per heavy atom. The standard InChI is InChI=1S/C16H22N2O3/c1-10-6-11(2)14(12(3)7-10)17-15(20)16(21)18-5-4-13(8-18)9-19/h6-7,13,19H,4-5,8-9H2,1-3H3,(H,17,20). The van der Waals surface area contributed by atoms with Crippen molar-refractivity contribution >= 4 is 17.5 Å². The van der Waals surface area contributed by atoms with E-state index in [-0.39, 0.29) is 12.5 Å². The second kappa shape index (κ2) is 6.26. The van der Waals surface area contributed by atoms with Crippen molar-refractivity contribution in [2.24, 2.45) is 5.92 Å². The molecule has 5 heteroatoms. The van der Waals surface area contributed by atoms with Crippen molar-refractivity contribution in [1.82, 2.24) is 4.90 Å². The normalized spacial score (nSPS) is 17.9. The fourth-order valence-electron chi connectivity index (χ4n) is 2.85. The molecule has 1 heterocycles. The van der Waals surface area contributed by atoms with Crippen LogP contribution >= 0.6 is 0 Å². The summed E-state index contributed by atoms with van der Waals surface area (Å²) in [4.78, 5) is 25.8. The van der Waals surface area contributed by atoms with Gasteiger partial charge in [0.25, 0.3) is 0 Å². The lowest BCUT2D eigenvalue weighted by atomic mass is 10.1. The maximum atomic E-state index is 12.1. The third-order valence-electron chi connectivity index (χ3n) is 3.94. The van der Waals surface area contributed by atoms with Gasteiger partial charge in [0, 0.05) is 31.3 Å². The number of rotatable bonds is 2. The molecule has 2 N–H and O–H groups in total. The Kier molecular flexibility index (Phi) is 4.63. The predicted molar refractivity (Wildman–Crippen MR) is 81.1 cm³/mol. The highest BCUT2D eigenvalue weighted by Crippen LogP contribution is 2.22. The summed E-state index contributed by atoms with van der Waals surface area (Å²) >= 11 is 0. The molecule has 0 radical (unpaired) electrons. The van der Waals surface area contributed by atoms with E-state index in [0.717, 1.165) is 23.1 Å². The lowest BCUT2D eigenvalue weighted by Crippen LogP contribution is -2.38. The van der Waals surface area contributed by atoms with Gasteiger partial charge in [0.05, 0.1) is 0 Å². The maximum absolute atomic E-state index is 12.1. The average molecular weight is 290 g/mol. The molecule has 1 aliphatic rings. The van der Waals surface area contributed by atoms with Gasteiger partial charge >= 0.3 is 11.8 Å². The molecule has 1 unspecified atom stereocenters. The molecule has 1 aromatic carbocycles. The highest BCUT2D eigenvalue weighted by molar-refractivity contribution is 6.39. The fraction of sp³-hybridized carbons (Fsp3) is 0.500. The molecule has 0 saturated carbocycles. The highest BCUT2D eigenvalue weighted by Gasteiger charge is 2.29. The summed E-state index contributed by atoms with van der Waals surface area (Å²) in [7, 11) is 0. The number of aryl methyl sites for hydroxylation is 3. The molecule has 1 atom stereocenters. The number of amides is 2. The van der Waals surface area contributed by atoms with Crippen molar-refractivity contribution in [2.75, 3.05) is 25.0 Å². The molecule has 5 nitrogen and oxygen atoms in total. The molecule has 1 aromatic rings. The van der Waals surface area contributed by atoms with Gasteiger partial charge in [-0.15, -0.1) is 0 Å². The number of anilines is 1. The molecule has 0 spiro atoms. The topological polar surface area (TPSA) is 69.6 Å². The van der Waals surface area contributed by atoms with Crippen LogP contribution in [0.4, 0.5) is 5.69 Å². The zero-order chi connectivity index (χ0) is 15.6. The van der Waals surface area contributed by atoms with E-state index in [2.05, 4.69) is 5.32 Å². The molecule has 2 rings (SSSR count). The van der Waals surface area contributed by atoms with E-state index in [1.165, 1.54) is 4.90 Å². The molecule has 0 bridgehead atoms. The summed E-state index contributed by atoms with van der Waals surface area (Å²) in [5, 5.41) is 11.8. The molecule has 1 saturated heterocycles. The van der Waals surface area contributed by atoms with Gasteiger partial charge in [-0.25, -0.2) is 0 Å². The highest BCUT2D eigenvalue weighted by atomic mass is 16.3. The van der Waals surface area contributed by atoms with Crippen LogP contribution in [0.2, 0.25) is 0 Å². The zero-order valence-corrected chi connectivity index (χ0v) is 12.8. The molecule has 0 aromatic heterocycles. The SMILES string of the molecule is Cc1cc(C)c(NC(=O)C(=O)N2CCC(CO)C2)c(C)c1. The first-order valence-electron chi connectivity index (χ1n) is 7.21. The number of nitrogens with one attached hydrogen (secondary N) is 1. The Balaban J connectivity index is 2.07. The third-order valence-corrected chi connectivity index (χ3v) is 3.94. The molecular formula is C16H22N2O3. The predicted octanol–water partition coefficient (Wildman–Crippen LogP) is 1.39. The van der Waals surface area contributed by atoms with Crippen LogP contribution in [0.25, 0.3) is 0 Å². The van der Waals surface area contributed by atoms with Crippen LogP contribution in [-0.2, 0) is 9.59 Å². The largest absolute Gasteiger partial charge is 0.396 e. The van der Waals surface area contributed by atoms with E-state index in [0.29, 0.717) is 18.8 Å². The summed E-state index contributed by atoms with van der Waals surface area (Å²) in [6, 6.07) is 3.95. The molecular weight excluding hydrogens is 268 g/mol. The second-order valence-electron chi connectivity index (χ2n) is 5.82. The number of nitrogens with zero attached hydrogens (tertiary/aromatic N) is 1. The Bertz CT molecular complexity index is 546. The van der Waals surface area contributed by atoms with E-state index >= 15 is 0 Å². The summed E-state index contributed by atoms with van der Waals surface area (Å²) in [5.74, 6) is -1.04. The van der Waals surface area contributed by atoms with Gasteiger partial charge in [-0.2, -0.15) is 0 Å². The summed E-state index contributed by atoms with van der Waals surface area (Å²) in [6.07, 6.45) is 0.748. The van der Waals surface area contributed by atoms with Crippen molar-refractivity contribution in [3.63, 3.8) is 0 Å². The number of hydrogen-bond acceptors (Lipinski definition) is 3. The van der Waals surface area contributed by atoms with Crippen LogP contribution in [0.5, 0.6) is 0 Å². The first-order chi connectivity index (χ1) is 9.92. The van der Waals surface area contributed by atoms with Gasteiger partial charge in [0.1, 0.15) is 0 Å². The number of aliphatic hydroxyl groups excluding tert-OH is 1. The van der Waals surface area contributed by atoms with E-state index in [1.807, 2.05) is 32.9 Å². The minimum Gasteiger partial charge on any atom is -0.396 e. The van der Waals surface area contributed by atoms with Gasteiger partial charge in [0.2, 0.25) is 0 Å². The van der Waals surface area contributed by atoms with E-state index in [9.17, 15) is 9.59 Å². The van der Waals surface area contributed by atoms with Gasteiger partial charge in [-0.05, 0) is 38.3 Å². The van der Waals surface area contributed by atoms with Crippen LogP contribution in [0.15, 0.2) is 12.1 Å². The first-order valence-corrected chi connectivity index (χ1v) is 7.21. The quantitative estimate of drug-likeness (QED) is 0.809. The van der Waals surface area contributed by atoms with Crippen molar-refractivity contribution in [2.45, 2.75) is 27.2 Å². The van der Waals surface area contributed by atoms with Crippen LogP contribution in [0.3, 0.4) is 0 Å². The number of benzene rings is 1. The van der Waals surface area contributed by atoms with Crippen molar-refractivity contribution < 1.29 is 14.7 Å². The monoisotopic (exact) mass is 290 g/mol. The minimum absolute atomic E-state index is 0.0571. The summed E-state index contributed by atoms with van der Waals surface area (Å²) < 4.78 is 0. The molecule has 21 heavy (non-hydrogen) atoms. The molecule has 114 valence electrons. The number of carbonyl (C=O) groups excluding carboxylic acids is 2. The minimum atomic E-state index is -0.608. The number of likely N-dealkylation sites (tertiary alicyclic amines) is 1. The lowest BCUT2D eigenvalue weighted by Gasteiger charge is -2.17. The first kappa shape index (κ1) is 15.5. The Labute approximate surface area is 125 Å². The fourth-order valence-corrected chi connectivity index (χ4v) is 2.85. The zero-order valence-electron chi connectivity index (χ0n) is 12.8. The smallest absolute Gasteiger partial charge is 0.313 e. The van der Waals surface area contributed by atoms with Gasteiger partial charge in [-0.1, -0.05) is 17.7 Å². The van der Waals surface area contributed by atoms with Crippen LogP contribution in [0, 0.1) is 26.7 Å². The Hall–Kier alpha value is -1.88. The third kappa shape index (κ3) is 3.42. The van der Waals surface area contributed by atoms with Crippen molar-refractivity contribution in [1.29, 1.82) is 0 Å². The van der Waals surface area contributed by atoms with Gasteiger partial charge < -0.3 is 15.3 Å². The summed E-state index contributed by atoms with van der Waals surface area (Å²) in [6.45, 7) is 6.87. The molecule has 2 amide bonds. The van der Waals surface area contributed by atoms with Crippen LogP contribution in [0.1, 0.15) is 23.1 Å². The number of aliphatic hydroxyl groups is 1. The second-order valence-corrected chi connectivity index (χ2v) is 5.82. The average Bonchev–Trinajstić information content (AvgIpc) is 2.90. The van der Waals surface area contributed by atoms with Gasteiger partial charge in [-0.3, -0.25) is 9.59 Å². The summed E-state index contributed by atoms with van der Waals surface area (Å²) in [5.41, 5.74) is 3.73. The van der Waals surface area contributed by atoms with Crippen LogP contribution < -0.4 is 5.32 Å². The molecule has 1 fully saturated rings. The van der Waals surface area contributed by atoms with Crippen molar-refractivity contribution in [3.05, 3.63) is 28.8 Å². The molecule has 1 aliphatic heterocycles. The van der Waals surface area contributed by atoms with Crippen molar-refractivity contribution in [3.8, 4) is 0 Å². The Morgan fingerprint density at radius 1 is 1.29 bits per heavy atom. The van der Waals surface area contributed by atoms with Gasteiger partial charge in [0.15, 0.2) is 0 Å². The van der Waals surface area contributed by atoms with E-state index < -0.39 is 11.8 Å². The van der Waals surface area contributed by atoms with Crippen LogP contribution in [-0.4, -0.2) is 41.5 Å². The molecule has 0 aliphatic carbocycles.